The largest absolute Gasteiger partial charge is 0.367 e. The number of fused-ring (bicyclic) bond motifs is 1. The van der Waals surface area contributed by atoms with E-state index in [9.17, 15) is 8.78 Å². The fourth-order valence-corrected chi connectivity index (χ4v) is 6.42. The van der Waals surface area contributed by atoms with Crippen molar-refractivity contribution in [1.29, 1.82) is 0 Å². The molecule has 0 aliphatic heterocycles. The highest BCUT2D eigenvalue weighted by atomic mass is 32.1. The van der Waals surface area contributed by atoms with Crippen LogP contribution in [0, 0.1) is 18.8 Å². The Balaban J connectivity index is 1.35. The van der Waals surface area contributed by atoms with E-state index in [1.165, 1.54) is 32.1 Å². The number of anilines is 2. The number of nitrogens with one attached hydrogen (secondary N) is 2. The molecule has 3 aliphatic rings. The summed E-state index contributed by atoms with van der Waals surface area (Å²) in [6, 6.07) is 1.97. The Hall–Kier alpha value is -2.42. The zero-order chi connectivity index (χ0) is 24.2. The van der Waals surface area contributed by atoms with E-state index in [0.717, 1.165) is 45.6 Å². The quantitative estimate of drug-likeness (QED) is 0.356. The summed E-state index contributed by atoms with van der Waals surface area (Å²) in [5.74, 6) is -0.786. The number of aromatic nitrogens is 4. The molecule has 3 aromatic rings. The van der Waals surface area contributed by atoms with Crippen molar-refractivity contribution in [1.82, 2.24) is 19.9 Å². The highest BCUT2D eigenvalue weighted by Crippen LogP contribution is 2.45. The molecule has 6 rings (SSSR count). The second-order valence-electron chi connectivity index (χ2n) is 10.7. The molecule has 0 amide bonds. The van der Waals surface area contributed by atoms with Crippen LogP contribution in [0.1, 0.15) is 75.6 Å². The predicted octanol–water partition coefficient (Wildman–Crippen LogP) is 6.78. The number of rotatable bonds is 8. The van der Waals surface area contributed by atoms with Gasteiger partial charge in [-0.05, 0) is 70.8 Å². The number of alkyl halides is 2. The second-order valence-corrected chi connectivity index (χ2v) is 11.7. The lowest BCUT2D eigenvalue weighted by atomic mass is 9.85. The van der Waals surface area contributed by atoms with Crippen LogP contribution in [0.15, 0.2) is 12.3 Å². The van der Waals surface area contributed by atoms with Crippen LogP contribution in [0.25, 0.3) is 20.8 Å². The lowest BCUT2D eigenvalue weighted by molar-refractivity contribution is -0.0369. The summed E-state index contributed by atoms with van der Waals surface area (Å²) in [6.07, 6.45) is 9.64. The molecule has 0 saturated heterocycles. The zero-order valence-corrected chi connectivity index (χ0v) is 21.1. The van der Waals surface area contributed by atoms with Gasteiger partial charge in [-0.3, -0.25) is 4.98 Å². The Morgan fingerprint density at radius 3 is 2.60 bits per heavy atom. The Labute approximate surface area is 208 Å². The number of hydrogen-bond donors (Lipinski definition) is 2. The van der Waals surface area contributed by atoms with Crippen LogP contribution < -0.4 is 10.6 Å². The van der Waals surface area contributed by atoms with Gasteiger partial charge in [-0.2, -0.15) is 4.98 Å². The first-order chi connectivity index (χ1) is 16.8. The lowest BCUT2D eigenvalue weighted by Gasteiger charge is -2.25. The van der Waals surface area contributed by atoms with Crippen LogP contribution >= 0.6 is 11.3 Å². The van der Waals surface area contributed by atoms with Gasteiger partial charge < -0.3 is 10.6 Å². The maximum atomic E-state index is 14.0. The minimum absolute atomic E-state index is 0.0450. The fourth-order valence-electron chi connectivity index (χ4n) is 5.35. The molecule has 3 aromatic heterocycles. The van der Waals surface area contributed by atoms with Crippen molar-refractivity contribution in [3.8, 4) is 10.6 Å². The van der Waals surface area contributed by atoms with E-state index in [0.29, 0.717) is 42.9 Å². The average Bonchev–Trinajstić information content (AvgIpc) is 3.33. The van der Waals surface area contributed by atoms with Crippen LogP contribution in [-0.4, -0.2) is 38.4 Å². The van der Waals surface area contributed by atoms with Gasteiger partial charge in [0.25, 0.3) is 0 Å². The third kappa shape index (κ3) is 4.71. The van der Waals surface area contributed by atoms with Gasteiger partial charge in [0.15, 0.2) is 0 Å². The Kier molecular flexibility index (Phi) is 5.86. The van der Waals surface area contributed by atoms with Gasteiger partial charge in [-0.15, -0.1) is 11.3 Å². The molecule has 186 valence electrons. The molecule has 0 bridgehead atoms. The smallest absolute Gasteiger partial charge is 0.248 e. The number of hydrogen-bond acceptors (Lipinski definition) is 7. The average molecular weight is 499 g/mol. The maximum absolute atomic E-state index is 14.0. The lowest BCUT2D eigenvalue weighted by Crippen LogP contribution is -2.25. The summed E-state index contributed by atoms with van der Waals surface area (Å²) in [6.45, 7) is 3.89. The zero-order valence-electron chi connectivity index (χ0n) is 20.3. The third-order valence-electron chi connectivity index (χ3n) is 7.87. The minimum atomic E-state index is -2.66. The van der Waals surface area contributed by atoms with Crippen LogP contribution in [0.3, 0.4) is 0 Å². The van der Waals surface area contributed by atoms with Crippen LogP contribution in [-0.2, 0) is 0 Å². The highest BCUT2D eigenvalue weighted by molar-refractivity contribution is 7.21. The number of nitrogens with zero attached hydrogens (tertiary/aromatic N) is 4. The van der Waals surface area contributed by atoms with Crippen LogP contribution in [0.5, 0.6) is 0 Å². The summed E-state index contributed by atoms with van der Waals surface area (Å²) in [7, 11) is 0. The van der Waals surface area contributed by atoms with Crippen molar-refractivity contribution in [3.63, 3.8) is 0 Å². The number of halogens is 2. The Bertz CT molecular complexity index is 1230. The van der Waals surface area contributed by atoms with E-state index >= 15 is 0 Å². The van der Waals surface area contributed by atoms with Crippen LogP contribution in [0.2, 0.25) is 0 Å². The first kappa shape index (κ1) is 23.0. The molecule has 3 saturated carbocycles. The van der Waals surface area contributed by atoms with Gasteiger partial charge in [-0.25, -0.2) is 18.7 Å². The Morgan fingerprint density at radius 1 is 1.09 bits per heavy atom. The first-order valence-electron chi connectivity index (χ1n) is 12.9. The normalized spacial score (nSPS) is 23.0. The van der Waals surface area contributed by atoms with Gasteiger partial charge >= 0.3 is 0 Å². The molecule has 3 aliphatic carbocycles. The molecule has 2 N–H and O–H groups in total. The molecule has 3 heterocycles. The fraction of sp³-hybridized carbons (Fsp3) is 0.615. The molecular weight excluding hydrogens is 466 g/mol. The number of thiazole rings is 1. The number of aryl methyl sites for hydroxylation is 1. The molecule has 0 aromatic carbocycles. The van der Waals surface area contributed by atoms with E-state index in [1.807, 2.05) is 19.2 Å². The van der Waals surface area contributed by atoms with Crippen molar-refractivity contribution in [2.24, 2.45) is 11.8 Å². The monoisotopic (exact) mass is 498 g/mol. The van der Waals surface area contributed by atoms with Crippen molar-refractivity contribution in [3.05, 3.63) is 23.7 Å². The molecule has 1 unspecified atom stereocenters. The van der Waals surface area contributed by atoms with E-state index in [-0.39, 0.29) is 6.04 Å². The maximum Gasteiger partial charge on any atom is 0.248 e. The summed E-state index contributed by atoms with van der Waals surface area (Å²) in [5, 5.41) is 7.80. The summed E-state index contributed by atoms with van der Waals surface area (Å²) < 4.78 is 29.1. The molecule has 6 nitrogen and oxygen atoms in total. The van der Waals surface area contributed by atoms with Gasteiger partial charge in [0.2, 0.25) is 11.9 Å². The minimum Gasteiger partial charge on any atom is -0.367 e. The van der Waals surface area contributed by atoms with Crippen molar-refractivity contribution < 1.29 is 8.78 Å². The SMILES string of the molecule is Cc1nc(NCC2CCC2)nc(N[C@H]2CCC(C(C)(F)F)C2)c1-c1nc2c(C3CC3)nccc2s1. The molecule has 9 heteroatoms. The molecule has 0 spiro atoms. The van der Waals surface area contributed by atoms with Crippen molar-refractivity contribution in [2.45, 2.75) is 83.1 Å². The van der Waals surface area contributed by atoms with Gasteiger partial charge in [-0.1, -0.05) is 6.42 Å². The summed E-state index contributed by atoms with van der Waals surface area (Å²) in [4.78, 5) is 19.3. The first-order valence-corrected chi connectivity index (χ1v) is 13.7. The highest BCUT2D eigenvalue weighted by Gasteiger charge is 2.40. The predicted molar refractivity (Wildman–Crippen MR) is 136 cm³/mol. The third-order valence-corrected chi connectivity index (χ3v) is 8.91. The van der Waals surface area contributed by atoms with Gasteiger partial charge in [0.05, 0.1) is 21.7 Å². The Morgan fingerprint density at radius 2 is 1.91 bits per heavy atom. The van der Waals surface area contributed by atoms with E-state index < -0.39 is 11.8 Å². The van der Waals surface area contributed by atoms with Crippen molar-refractivity contribution >= 4 is 33.3 Å². The molecule has 35 heavy (non-hydrogen) atoms. The van der Waals surface area contributed by atoms with E-state index in [1.54, 1.807) is 11.3 Å². The van der Waals surface area contributed by atoms with Gasteiger partial charge in [0.1, 0.15) is 16.3 Å². The number of pyridine rings is 1. The van der Waals surface area contributed by atoms with E-state index in [2.05, 4.69) is 15.6 Å². The van der Waals surface area contributed by atoms with Crippen LogP contribution in [0.4, 0.5) is 20.5 Å². The topological polar surface area (TPSA) is 75.6 Å². The molecule has 0 radical (unpaired) electrons. The second kappa shape index (κ2) is 8.91. The molecular formula is C26H32F2N6S. The standard InChI is InChI=1S/C26H32F2N6S/c1-14-20(24-33-22-19(35-24)10-11-29-21(22)16-6-7-16)23(32-18-9-8-17(12-18)26(2,27)28)34-25(31-14)30-13-15-4-3-5-15/h10-11,15-18H,3-9,12-13H2,1-2H3,(H2,30,31,32,34)/t17?,18-/m0/s1. The van der Waals surface area contributed by atoms with Gasteiger partial charge in [0, 0.05) is 30.6 Å². The van der Waals surface area contributed by atoms with Crippen molar-refractivity contribution in [2.75, 3.05) is 17.2 Å². The van der Waals surface area contributed by atoms with E-state index in [4.69, 9.17) is 15.0 Å². The molecule has 3 fully saturated rings. The summed E-state index contributed by atoms with van der Waals surface area (Å²) in [5.41, 5.74) is 3.77. The summed E-state index contributed by atoms with van der Waals surface area (Å²) >= 11 is 1.63. The molecule has 2 atom stereocenters.